The van der Waals surface area contributed by atoms with E-state index < -0.39 is 11.8 Å². The van der Waals surface area contributed by atoms with Gasteiger partial charge in [0.2, 0.25) is 5.78 Å². The third-order valence-electron chi connectivity index (χ3n) is 7.81. The molecule has 214 valence electrons. The number of rotatable bonds is 11. The Morgan fingerprint density at radius 1 is 0.905 bits per heavy atom. The number of carbonyl (C=O) groups excluding carboxylic acids is 2. The lowest BCUT2D eigenvalue weighted by molar-refractivity contribution is -0.382. The predicted molar refractivity (Wildman–Crippen MR) is 166 cm³/mol. The van der Waals surface area contributed by atoms with Crippen LogP contribution >= 0.6 is 0 Å². The maximum atomic E-state index is 13.8. The Kier molecular flexibility index (Phi) is 8.43. The zero-order valence-electron chi connectivity index (χ0n) is 24.0. The van der Waals surface area contributed by atoms with Crippen LogP contribution in [0.4, 0.5) is 5.69 Å². The highest BCUT2D eigenvalue weighted by atomic mass is 16.7. The quantitative estimate of drug-likeness (QED) is 0.0529. The molecular weight excluding hydrogens is 530 g/mol. The van der Waals surface area contributed by atoms with Gasteiger partial charge in [-0.25, -0.2) is 4.79 Å². The lowest BCUT2D eigenvalue weighted by atomic mass is 9.98. The molecular formula is C34H33N3O5. The number of nitro groups is 1. The van der Waals surface area contributed by atoms with Crippen LogP contribution in [0.25, 0.3) is 32.6 Å². The average Bonchev–Trinajstić information content (AvgIpc) is 3.31. The number of non-ortho nitro benzene ring substituents is 1. The molecule has 42 heavy (non-hydrogen) atoms. The van der Waals surface area contributed by atoms with Crippen molar-refractivity contribution < 1.29 is 19.3 Å². The van der Waals surface area contributed by atoms with Crippen molar-refractivity contribution >= 4 is 55.7 Å². The second-order valence-electron chi connectivity index (χ2n) is 10.6. The molecule has 5 rings (SSSR count). The Morgan fingerprint density at radius 3 is 2.29 bits per heavy atom. The smallest absolute Gasteiger partial charge is 0.332 e. The minimum absolute atomic E-state index is 0.00377. The fourth-order valence-corrected chi connectivity index (χ4v) is 5.67. The van der Waals surface area contributed by atoms with Gasteiger partial charge in [-0.1, -0.05) is 86.8 Å². The molecule has 1 unspecified atom stereocenters. The van der Waals surface area contributed by atoms with E-state index in [1.807, 2.05) is 30.3 Å². The number of oxime groups is 1. The molecule has 0 saturated carbocycles. The highest BCUT2D eigenvalue weighted by Crippen LogP contribution is 2.40. The van der Waals surface area contributed by atoms with Crippen molar-refractivity contribution in [3.8, 4) is 0 Å². The van der Waals surface area contributed by atoms with Crippen LogP contribution in [-0.2, 0) is 16.2 Å². The molecule has 0 bridgehead atoms. The molecule has 4 aromatic carbocycles. The van der Waals surface area contributed by atoms with Crippen molar-refractivity contribution in [2.75, 3.05) is 0 Å². The van der Waals surface area contributed by atoms with E-state index >= 15 is 0 Å². The van der Waals surface area contributed by atoms with E-state index in [1.54, 1.807) is 48.5 Å². The number of nitro benzene ring substituents is 1. The summed E-state index contributed by atoms with van der Waals surface area (Å²) in [7, 11) is 0. The zero-order valence-corrected chi connectivity index (χ0v) is 24.0. The fourth-order valence-electron chi connectivity index (χ4n) is 5.67. The minimum Gasteiger partial charge on any atom is -0.340 e. The van der Waals surface area contributed by atoms with Crippen LogP contribution < -0.4 is 0 Å². The van der Waals surface area contributed by atoms with Gasteiger partial charge in [-0.3, -0.25) is 14.9 Å². The molecule has 0 N–H and O–H groups in total. The SMILES string of the molecule is CCCCC(CC)Cn1c2ccc(C(=O)C(=NOC(C)=O)c3ccccc3)cc2c2cc([N+](=O)[O-])c3ccccc3c21. The molecule has 8 heteroatoms. The van der Waals surface area contributed by atoms with Crippen LogP contribution in [0, 0.1) is 16.0 Å². The first-order valence-electron chi connectivity index (χ1n) is 14.3. The lowest BCUT2D eigenvalue weighted by Gasteiger charge is -2.18. The molecule has 0 spiro atoms. The van der Waals surface area contributed by atoms with Gasteiger partial charge < -0.3 is 9.40 Å². The van der Waals surface area contributed by atoms with Crippen LogP contribution in [0.1, 0.15) is 62.4 Å². The molecule has 1 heterocycles. The molecule has 0 fully saturated rings. The number of nitrogens with zero attached hydrogens (tertiary/aromatic N) is 3. The summed E-state index contributed by atoms with van der Waals surface area (Å²) in [6, 6.07) is 23.3. The van der Waals surface area contributed by atoms with Crippen LogP contribution in [0.5, 0.6) is 0 Å². The van der Waals surface area contributed by atoms with E-state index in [9.17, 15) is 19.7 Å². The van der Waals surface area contributed by atoms with E-state index in [0.717, 1.165) is 54.0 Å². The maximum Gasteiger partial charge on any atom is 0.332 e. The van der Waals surface area contributed by atoms with Gasteiger partial charge in [0, 0.05) is 52.3 Å². The Bertz CT molecular complexity index is 1840. The van der Waals surface area contributed by atoms with Crippen molar-refractivity contribution in [1.29, 1.82) is 0 Å². The van der Waals surface area contributed by atoms with E-state index in [-0.39, 0.29) is 16.3 Å². The third kappa shape index (κ3) is 5.52. The number of aromatic nitrogens is 1. The lowest BCUT2D eigenvalue weighted by Crippen LogP contribution is -2.17. The number of ketones is 1. The number of benzene rings is 4. The Labute approximate surface area is 243 Å². The summed E-state index contributed by atoms with van der Waals surface area (Å²) < 4.78 is 2.26. The summed E-state index contributed by atoms with van der Waals surface area (Å²) in [5, 5.41) is 18.9. The molecule has 0 aliphatic heterocycles. The van der Waals surface area contributed by atoms with Crippen LogP contribution in [0.15, 0.2) is 84.0 Å². The Balaban J connectivity index is 1.76. The second-order valence-corrected chi connectivity index (χ2v) is 10.6. The summed E-state index contributed by atoms with van der Waals surface area (Å²) in [6.45, 7) is 6.36. The number of carbonyl (C=O) groups is 2. The van der Waals surface area contributed by atoms with E-state index in [0.29, 0.717) is 27.8 Å². The number of fused-ring (bicyclic) bond motifs is 5. The average molecular weight is 564 g/mol. The fraction of sp³-hybridized carbons (Fsp3) is 0.265. The van der Waals surface area contributed by atoms with Gasteiger partial charge in [0.05, 0.1) is 15.8 Å². The van der Waals surface area contributed by atoms with Crippen LogP contribution in [0.3, 0.4) is 0 Å². The van der Waals surface area contributed by atoms with Gasteiger partial charge in [0.1, 0.15) is 0 Å². The van der Waals surface area contributed by atoms with Gasteiger partial charge in [-0.05, 0) is 36.6 Å². The number of unbranched alkanes of at least 4 members (excludes halogenated alkanes) is 1. The van der Waals surface area contributed by atoms with Crippen molar-refractivity contribution in [1.82, 2.24) is 4.57 Å². The highest BCUT2D eigenvalue weighted by Gasteiger charge is 2.24. The predicted octanol–water partition coefficient (Wildman–Crippen LogP) is 8.22. The van der Waals surface area contributed by atoms with Gasteiger partial charge in [-0.2, -0.15) is 0 Å². The summed E-state index contributed by atoms with van der Waals surface area (Å²) in [6.07, 6.45) is 4.34. The van der Waals surface area contributed by atoms with Gasteiger partial charge in [0.25, 0.3) is 5.69 Å². The first-order valence-corrected chi connectivity index (χ1v) is 14.3. The maximum absolute atomic E-state index is 13.8. The summed E-state index contributed by atoms with van der Waals surface area (Å²) in [5.74, 6) is -0.628. The molecule has 0 amide bonds. The molecule has 0 aliphatic carbocycles. The molecule has 0 radical (unpaired) electrons. The first kappa shape index (κ1) is 28.7. The second kappa shape index (κ2) is 12.3. The van der Waals surface area contributed by atoms with Crippen molar-refractivity contribution in [2.45, 2.75) is 53.0 Å². The molecule has 5 aromatic rings. The van der Waals surface area contributed by atoms with E-state index in [2.05, 4.69) is 23.6 Å². The summed E-state index contributed by atoms with van der Waals surface area (Å²) in [4.78, 5) is 42.1. The molecule has 1 atom stereocenters. The standard InChI is InChI=1S/C34H33N3O5/c1-4-6-12-23(5-2)21-36-30-18-17-25(34(39)32(35-42-22(3)38)24-13-8-7-9-14-24)19-28(30)29-20-31(37(40)41)26-15-10-11-16-27(26)33(29)36/h7-11,13-20,23H,4-6,12,21H2,1-3H3. The molecule has 0 aliphatic rings. The van der Waals surface area contributed by atoms with Crippen LogP contribution in [-0.4, -0.2) is 27.0 Å². The normalized spacial score (nSPS) is 12.6. The molecule has 8 nitrogen and oxygen atoms in total. The Morgan fingerprint density at radius 2 is 1.62 bits per heavy atom. The zero-order chi connectivity index (χ0) is 29.8. The van der Waals surface area contributed by atoms with Crippen molar-refractivity contribution in [3.05, 3.63) is 100 Å². The van der Waals surface area contributed by atoms with Gasteiger partial charge in [-0.15, -0.1) is 0 Å². The first-order chi connectivity index (χ1) is 20.3. The number of hydrogen-bond acceptors (Lipinski definition) is 6. The topological polar surface area (TPSA) is 104 Å². The van der Waals surface area contributed by atoms with Gasteiger partial charge in [0.15, 0.2) is 5.71 Å². The van der Waals surface area contributed by atoms with E-state index in [1.165, 1.54) is 6.92 Å². The van der Waals surface area contributed by atoms with Crippen LogP contribution in [0.2, 0.25) is 0 Å². The summed E-state index contributed by atoms with van der Waals surface area (Å²) in [5.41, 5.74) is 2.69. The molecule has 0 saturated heterocycles. The minimum atomic E-state index is -0.637. The summed E-state index contributed by atoms with van der Waals surface area (Å²) >= 11 is 0. The largest absolute Gasteiger partial charge is 0.340 e. The van der Waals surface area contributed by atoms with Gasteiger partial charge >= 0.3 is 5.97 Å². The van der Waals surface area contributed by atoms with E-state index in [4.69, 9.17) is 4.84 Å². The Hall–Kier alpha value is -4.85. The number of hydrogen-bond donors (Lipinski definition) is 0. The highest BCUT2D eigenvalue weighted by molar-refractivity contribution is 6.51. The van der Waals surface area contributed by atoms with Crippen molar-refractivity contribution in [2.24, 2.45) is 11.1 Å². The van der Waals surface area contributed by atoms with Crippen molar-refractivity contribution in [3.63, 3.8) is 0 Å². The number of Topliss-reactive ketones (excluding diaryl/α,β-unsaturated/α-hetero) is 1. The third-order valence-corrected chi connectivity index (χ3v) is 7.81. The monoisotopic (exact) mass is 563 g/mol. The molecule has 1 aromatic heterocycles.